The summed E-state index contributed by atoms with van der Waals surface area (Å²) < 4.78 is 11.6. The standard InChI is InChI=1S/C26H37NO3/c1-15(2)21-11-10-17(5)12-25(21)30-20(8)26(28)27-19(7)23-14-22(16(3)4)24(29-9)13-18(23)6/h10-16,19-20H,1-9H3,(H,27,28)/t19-,20-/m1/s1. The number of benzene rings is 2. The number of ether oxygens (including phenoxy) is 2. The second-order valence-electron chi connectivity index (χ2n) is 8.79. The molecule has 0 radical (unpaired) electrons. The van der Waals surface area contributed by atoms with Crippen LogP contribution in [0.5, 0.6) is 11.5 Å². The lowest BCUT2D eigenvalue weighted by Crippen LogP contribution is -2.38. The fourth-order valence-electron chi connectivity index (χ4n) is 3.68. The molecule has 0 unspecified atom stereocenters. The Balaban J connectivity index is 2.18. The second kappa shape index (κ2) is 10.0. The van der Waals surface area contributed by atoms with Gasteiger partial charge in [-0.25, -0.2) is 0 Å². The van der Waals surface area contributed by atoms with E-state index in [1.807, 2.05) is 26.8 Å². The van der Waals surface area contributed by atoms with Crippen molar-refractivity contribution in [1.82, 2.24) is 5.32 Å². The van der Waals surface area contributed by atoms with Gasteiger partial charge in [-0.15, -0.1) is 0 Å². The first-order valence-corrected chi connectivity index (χ1v) is 10.8. The predicted molar refractivity (Wildman–Crippen MR) is 124 cm³/mol. The van der Waals surface area contributed by atoms with Crippen molar-refractivity contribution in [3.8, 4) is 11.5 Å². The van der Waals surface area contributed by atoms with Crippen LogP contribution < -0.4 is 14.8 Å². The molecule has 2 rings (SSSR count). The Labute approximate surface area is 182 Å². The topological polar surface area (TPSA) is 47.6 Å². The van der Waals surface area contributed by atoms with Gasteiger partial charge in [-0.1, -0.05) is 39.8 Å². The normalized spacial score (nSPS) is 13.3. The lowest BCUT2D eigenvalue weighted by molar-refractivity contribution is -0.127. The van der Waals surface area contributed by atoms with Crippen LogP contribution in [0.4, 0.5) is 0 Å². The van der Waals surface area contributed by atoms with Crippen LogP contribution in [0.2, 0.25) is 0 Å². The molecule has 0 aliphatic rings. The van der Waals surface area contributed by atoms with E-state index < -0.39 is 6.10 Å². The highest BCUT2D eigenvalue weighted by Crippen LogP contribution is 2.32. The van der Waals surface area contributed by atoms with Gasteiger partial charge in [0.15, 0.2) is 6.10 Å². The van der Waals surface area contributed by atoms with Crippen molar-refractivity contribution in [3.63, 3.8) is 0 Å². The minimum Gasteiger partial charge on any atom is -0.496 e. The number of nitrogens with one attached hydrogen (secondary N) is 1. The van der Waals surface area contributed by atoms with Crippen molar-refractivity contribution < 1.29 is 14.3 Å². The van der Waals surface area contributed by atoms with Crippen LogP contribution in [0.3, 0.4) is 0 Å². The minimum atomic E-state index is -0.588. The van der Waals surface area contributed by atoms with Gasteiger partial charge in [0.25, 0.3) is 5.91 Å². The molecular formula is C26H37NO3. The summed E-state index contributed by atoms with van der Waals surface area (Å²) in [6.45, 7) is 16.4. The van der Waals surface area contributed by atoms with Crippen molar-refractivity contribution in [2.24, 2.45) is 0 Å². The molecule has 0 aliphatic heterocycles. The average molecular weight is 412 g/mol. The first-order valence-electron chi connectivity index (χ1n) is 10.8. The van der Waals surface area contributed by atoms with E-state index in [1.165, 1.54) is 0 Å². The van der Waals surface area contributed by atoms with Crippen molar-refractivity contribution in [2.45, 2.75) is 79.4 Å². The predicted octanol–water partition coefficient (Wildman–Crippen LogP) is 6.20. The number of aryl methyl sites for hydroxylation is 2. The SMILES string of the molecule is COc1cc(C)c([C@@H](C)NC(=O)[C@@H](C)Oc2cc(C)ccc2C(C)C)cc1C(C)C. The lowest BCUT2D eigenvalue weighted by Gasteiger charge is -2.23. The zero-order chi connectivity index (χ0) is 22.6. The summed E-state index contributed by atoms with van der Waals surface area (Å²) in [5.74, 6) is 2.21. The highest BCUT2D eigenvalue weighted by Gasteiger charge is 2.22. The number of methoxy groups -OCH3 is 1. The van der Waals surface area contributed by atoms with Crippen LogP contribution in [-0.2, 0) is 4.79 Å². The van der Waals surface area contributed by atoms with Gasteiger partial charge < -0.3 is 14.8 Å². The molecule has 30 heavy (non-hydrogen) atoms. The number of amides is 1. The molecule has 0 aromatic heterocycles. The largest absolute Gasteiger partial charge is 0.496 e. The molecular weight excluding hydrogens is 374 g/mol. The molecule has 1 N–H and O–H groups in total. The van der Waals surface area contributed by atoms with Crippen molar-refractivity contribution in [3.05, 3.63) is 58.1 Å². The summed E-state index contributed by atoms with van der Waals surface area (Å²) in [5.41, 5.74) is 5.56. The van der Waals surface area contributed by atoms with Gasteiger partial charge in [0.05, 0.1) is 13.2 Å². The summed E-state index contributed by atoms with van der Waals surface area (Å²) in [5, 5.41) is 3.12. The molecule has 0 saturated heterocycles. The molecule has 0 spiro atoms. The van der Waals surface area contributed by atoms with E-state index in [0.717, 1.165) is 39.3 Å². The van der Waals surface area contributed by atoms with Crippen molar-refractivity contribution in [2.75, 3.05) is 7.11 Å². The van der Waals surface area contributed by atoms with Crippen molar-refractivity contribution >= 4 is 5.91 Å². The fourth-order valence-corrected chi connectivity index (χ4v) is 3.68. The molecule has 0 fully saturated rings. The third kappa shape index (κ3) is 5.56. The van der Waals surface area contributed by atoms with E-state index >= 15 is 0 Å². The Bertz CT molecular complexity index is 886. The lowest BCUT2D eigenvalue weighted by atomic mass is 9.93. The quantitative estimate of drug-likeness (QED) is 0.562. The van der Waals surface area contributed by atoms with Gasteiger partial charge in [-0.05, 0) is 85.5 Å². The zero-order valence-corrected chi connectivity index (χ0v) is 19.9. The Hall–Kier alpha value is -2.49. The Morgan fingerprint density at radius 3 is 2.03 bits per heavy atom. The van der Waals surface area contributed by atoms with E-state index in [-0.39, 0.29) is 11.9 Å². The monoisotopic (exact) mass is 411 g/mol. The minimum absolute atomic E-state index is 0.125. The summed E-state index contributed by atoms with van der Waals surface area (Å²) in [4.78, 5) is 12.9. The van der Waals surface area contributed by atoms with Gasteiger partial charge in [0, 0.05) is 0 Å². The van der Waals surface area contributed by atoms with Crippen molar-refractivity contribution in [1.29, 1.82) is 0 Å². The molecule has 2 aromatic rings. The van der Waals surface area contributed by atoms with Crippen LogP contribution >= 0.6 is 0 Å². The summed E-state index contributed by atoms with van der Waals surface area (Å²) in [6.07, 6.45) is -0.588. The maximum absolute atomic E-state index is 12.9. The first kappa shape index (κ1) is 23.8. The van der Waals surface area contributed by atoms with Gasteiger partial charge in [-0.3, -0.25) is 4.79 Å². The molecule has 2 atom stereocenters. The summed E-state index contributed by atoms with van der Waals surface area (Å²) in [7, 11) is 1.70. The Morgan fingerprint density at radius 2 is 1.47 bits per heavy atom. The second-order valence-corrected chi connectivity index (χ2v) is 8.79. The number of hydrogen-bond acceptors (Lipinski definition) is 3. The Kier molecular flexibility index (Phi) is 7.94. The Morgan fingerprint density at radius 1 is 0.833 bits per heavy atom. The number of rotatable bonds is 8. The van der Waals surface area contributed by atoms with E-state index in [1.54, 1.807) is 14.0 Å². The molecule has 0 aliphatic carbocycles. The smallest absolute Gasteiger partial charge is 0.261 e. The first-order chi connectivity index (χ1) is 14.0. The van der Waals surface area contributed by atoms with E-state index in [2.05, 4.69) is 57.3 Å². The van der Waals surface area contributed by atoms with Gasteiger partial charge in [-0.2, -0.15) is 0 Å². The average Bonchev–Trinajstić information content (AvgIpc) is 2.66. The number of carbonyl (C=O) groups is 1. The van der Waals surface area contributed by atoms with Crippen LogP contribution in [-0.4, -0.2) is 19.1 Å². The maximum Gasteiger partial charge on any atom is 0.261 e. The molecule has 4 heteroatoms. The molecule has 0 saturated carbocycles. The van der Waals surface area contributed by atoms with Gasteiger partial charge in [0.2, 0.25) is 0 Å². The molecule has 1 amide bonds. The van der Waals surface area contributed by atoms with Gasteiger partial charge in [0.1, 0.15) is 11.5 Å². The van der Waals surface area contributed by atoms with Crippen LogP contribution in [0.15, 0.2) is 30.3 Å². The maximum atomic E-state index is 12.9. The highest BCUT2D eigenvalue weighted by molar-refractivity contribution is 5.81. The number of hydrogen-bond donors (Lipinski definition) is 1. The van der Waals surface area contributed by atoms with Gasteiger partial charge >= 0.3 is 0 Å². The zero-order valence-electron chi connectivity index (χ0n) is 19.9. The molecule has 0 bridgehead atoms. The van der Waals surface area contributed by atoms with E-state index in [9.17, 15) is 4.79 Å². The summed E-state index contributed by atoms with van der Waals surface area (Å²) >= 11 is 0. The molecule has 164 valence electrons. The van der Waals surface area contributed by atoms with Crippen LogP contribution in [0.25, 0.3) is 0 Å². The van der Waals surface area contributed by atoms with Crippen LogP contribution in [0.1, 0.15) is 87.2 Å². The number of carbonyl (C=O) groups excluding carboxylic acids is 1. The highest BCUT2D eigenvalue weighted by atomic mass is 16.5. The molecule has 0 heterocycles. The van der Waals surface area contributed by atoms with E-state index in [4.69, 9.17) is 9.47 Å². The molecule has 4 nitrogen and oxygen atoms in total. The fraction of sp³-hybridized carbons (Fsp3) is 0.500. The third-order valence-electron chi connectivity index (χ3n) is 5.53. The van der Waals surface area contributed by atoms with E-state index in [0.29, 0.717) is 11.8 Å². The summed E-state index contributed by atoms with van der Waals surface area (Å²) in [6, 6.07) is 10.2. The molecule has 2 aromatic carbocycles. The third-order valence-corrected chi connectivity index (χ3v) is 5.53. The van der Waals surface area contributed by atoms with Crippen LogP contribution in [0, 0.1) is 13.8 Å².